The highest BCUT2D eigenvalue weighted by Crippen LogP contribution is 2.33. The maximum atomic E-state index is 12.5. The summed E-state index contributed by atoms with van der Waals surface area (Å²) in [5.74, 6) is 0.124. The second-order valence-electron chi connectivity index (χ2n) is 6.10. The Kier molecular flexibility index (Phi) is 5.10. The van der Waals surface area contributed by atoms with Crippen LogP contribution in [0.3, 0.4) is 0 Å². The van der Waals surface area contributed by atoms with Gasteiger partial charge in [-0.2, -0.15) is 5.10 Å². The molecule has 0 spiro atoms. The molecule has 0 unspecified atom stereocenters. The molecule has 1 amide bonds. The van der Waals surface area contributed by atoms with Gasteiger partial charge < -0.3 is 14.4 Å². The van der Waals surface area contributed by atoms with E-state index in [4.69, 9.17) is 21.1 Å². The number of ether oxygens (including phenoxy) is 2. The van der Waals surface area contributed by atoms with Gasteiger partial charge in [0.25, 0.3) is 0 Å². The monoisotopic (exact) mass is 399 g/mol. The van der Waals surface area contributed by atoms with Gasteiger partial charge in [-0.25, -0.2) is 8.42 Å². The summed E-state index contributed by atoms with van der Waals surface area (Å²) in [5.41, 5.74) is 1.28. The molecule has 26 heavy (non-hydrogen) atoms. The van der Waals surface area contributed by atoms with Crippen LogP contribution in [0, 0.1) is 0 Å². The van der Waals surface area contributed by atoms with E-state index < -0.39 is 21.5 Å². The molecule has 1 aromatic heterocycles. The highest BCUT2D eigenvalue weighted by atomic mass is 35.5. The summed E-state index contributed by atoms with van der Waals surface area (Å²) in [5, 5.41) is 4.64. The number of aryl methyl sites for hydroxylation is 1. The van der Waals surface area contributed by atoms with Gasteiger partial charge in [-0.3, -0.25) is 9.48 Å². The fourth-order valence-corrected chi connectivity index (χ4v) is 3.47. The lowest BCUT2D eigenvalue weighted by Gasteiger charge is -2.22. The number of amides is 1. The number of carbonyl (C=O) groups excluding carboxylic acids is 1. The molecule has 0 radical (unpaired) electrons. The minimum atomic E-state index is -3.46. The Morgan fingerprint density at radius 1 is 1.31 bits per heavy atom. The van der Waals surface area contributed by atoms with E-state index in [1.54, 1.807) is 31.4 Å². The van der Waals surface area contributed by atoms with Crippen molar-refractivity contribution >= 4 is 27.3 Å². The third-order valence-corrected chi connectivity index (χ3v) is 4.83. The molecule has 0 fully saturated rings. The summed E-state index contributed by atoms with van der Waals surface area (Å²) in [7, 11) is -1.74. The molecule has 0 saturated carbocycles. The Bertz CT molecular complexity index is 941. The molecule has 2 aromatic rings. The lowest BCUT2D eigenvalue weighted by molar-refractivity contribution is -0.129. The third-order valence-electron chi connectivity index (χ3n) is 3.74. The number of fused-ring (bicyclic) bond motifs is 1. The van der Waals surface area contributed by atoms with Crippen molar-refractivity contribution in [3.8, 4) is 11.5 Å². The van der Waals surface area contributed by atoms with Crippen molar-refractivity contribution in [3.63, 3.8) is 0 Å². The van der Waals surface area contributed by atoms with Crippen molar-refractivity contribution in [2.24, 2.45) is 7.05 Å². The Morgan fingerprint density at radius 3 is 2.69 bits per heavy atom. The van der Waals surface area contributed by atoms with Gasteiger partial charge in [0.15, 0.2) is 21.3 Å². The van der Waals surface area contributed by atoms with E-state index in [2.05, 4.69) is 5.10 Å². The smallest absolute Gasteiger partial charge is 0.238 e. The topological polar surface area (TPSA) is 90.7 Å². The Balaban J connectivity index is 1.84. The lowest BCUT2D eigenvalue weighted by atomic mass is 10.2. The fourth-order valence-electron chi connectivity index (χ4n) is 2.60. The first kappa shape index (κ1) is 18.5. The minimum Gasteiger partial charge on any atom is -0.454 e. The van der Waals surface area contributed by atoms with Crippen LogP contribution in [0.5, 0.6) is 11.5 Å². The first-order chi connectivity index (χ1) is 12.2. The van der Waals surface area contributed by atoms with E-state index in [1.807, 2.05) is 0 Å². The molecular formula is C16H18ClN3O5S. The molecule has 140 valence electrons. The average molecular weight is 400 g/mol. The van der Waals surface area contributed by atoms with Gasteiger partial charge in [-0.15, -0.1) is 0 Å². The fraction of sp³-hybridized carbons (Fsp3) is 0.375. The Morgan fingerprint density at radius 2 is 2.04 bits per heavy atom. The van der Waals surface area contributed by atoms with Gasteiger partial charge in [0, 0.05) is 26.0 Å². The molecule has 10 heteroatoms. The normalized spacial score (nSPS) is 13.0. The van der Waals surface area contributed by atoms with Crippen molar-refractivity contribution in [3.05, 3.63) is 40.7 Å². The molecule has 1 aliphatic heterocycles. The third kappa shape index (κ3) is 4.47. The van der Waals surface area contributed by atoms with E-state index in [1.165, 1.54) is 9.58 Å². The molecule has 0 N–H and O–H groups in total. The van der Waals surface area contributed by atoms with Gasteiger partial charge in [-0.05, 0) is 17.7 Å². The number of rotatable bonds is 6. The van der Waals surface area contributed by atoms with Gasteiger partial charge >= 0.3 is 0 Å². The second-order valence-corrected chi connectivity index (χ2v) is 8.65. The summed E-state index contributed by atoms with van der Waals surface area (Å²) in [6, 6.07) is 5.32. The minimum absolute atomic E-state index is 0.0997. The van der Waals surface area contributed by atoms with Gasteiger partial charge in [0.05, 0.1) is 11.6 Å². The van der Waals surface area contributed by atoms with Gasteiger partial charge in [-0.1, -0.05) is 17.7 Å². The van der Waals surface area contributed by atoms with Crippen LogP contribution in [0.4, 0.5) is 0 Å². The first-order valence-electron chi connectivity index (χ1n) is 7.73. The predicted octanol–water partition coefficient (Wildman–Crippen LogP) is 1.38. The highest BCUT2D eigenvalue weighted by molar-refractivity contribution is 7.91. The largest absolute Gasteiger partial charge is 0.454 e. The zero-order valence-corrected chi connectivity index (χ0v) is 15.9. The number of carbonyl (C=O) groups is 1. The summed E-state index contributed by atoms with van der Waals surface area (Å²) in [6.07, 6.45) is 2.65. The maximum absolute atomic E-state index is 12.5. The number of aromatic nitrogens is 2. The molecule has 1 aliphatic rings. The summed E-state index contributed by atoms with van der Waals surface area (Å²) < 4.78 is 35.2. The van der Waals surface area contributed by atoms with Crippen LogP contribution in [-0.2, 0) is 34.8 Å². The van der Waals surface area contributed by atoms with Crippen molar-refractivity contribution < 1.29 is 22.7 Å². The number of nitrogens with zero attached hydrogens (tertiary/aromatic N) is 3. The van der Waals surface area contributed by atoms with E-state index in [0.717, 1.165) is 11.8 Å². The standard InChI is InChI=1S/C16H18ClN3O5S/c1-19-7-12(17)13(18-19)8-20(16(21)9-26(2,22)23)6-11-3-4-14-15(5-11)25-10-24-14/h3-5,7H,6,8-10H2,1-2H3. The van der Waals surface area contributed by atoms with Crippen LogP contribution in [0.1, 0.15) is 11.3 Å². The molecular weight excluding hydrogens is 382 g/mol. The van der Waals surface area contributed by atoms with Crippen LogP contribution < -0.4 is 9.47 Å². The van der Waals surface area contributed by atoms with Crippen molar-refractivity contribution in [2.75, 3.05) is 18.8 Å². The van der Waals surface area contributed by atoms with Crippen LogP contribution in [0.15, 0.2) is 24.4 Å². The van der Waals surface area contributed by atoms with E-state index >= 15 is 0 Å². The molecule has 8 nitrogen and oxygen atoms in total. The molecule has 0 bridgehead atoms. The Hall–Kier alpha value is -2.26. The predicted molar refractivity (Wildman–Crippen MR) is 94.7 cm³/mol. The number of sulfone groups is 1. The number of hydrogen-bond acceptors (Lipinski definition) is 6. The molecule has 0 saturated heterocycles. The van der Waals surface area contributed by atoms with E-state index in [0.29, 0.717) is 22.2 Å². The van der Waals surface area contributed by atoms with Crippen LogP contribution >= 0.6 is 11.6 Å². The highest BCUT2D eigenvalue weighted by Gasteiger charge is 2.22. The second kappa shape index (κ2) is 7.16. The molecule has 0 atom stereocenters. The van der Waals surface area contributed by atoms with E-state index in [-0.39, 0.29) is 19.9 Å². The molecule has 3 rings (SSSR count). The maximum Gasteiger partial charge on any atom is 0.238 e. The van der Waals surface area contributed by atoms with Gasteiger partial charge in [0.2, 0.25) is 12.7 Å². The molecule has 0 aliphatic carbocycles. The Labute approximate surface area is 156 Å². The SMILES string of the molecule is Cn1cc(Cl)c(CN(Cc2ccc3c(c2)OCO3)C(=O)CS(C)(=O)=O)n1. The zero-order chi connectivity index (χ0) is 18.9. The van der Waals surface area contributed by atoms with Crippen molar-refractivity contribution in [2.45, 2.75) is 13.1 Å². The van der Waals surface area contributed by atoms with Crippen LogP contribution in [-0.4, -0.2) is 47.8 Å². The van der Waals surface area contributed by atoms with Crippen LogP contribution in [0.25, 0.3) is 0 Å². The molecule has 1 aromatic carbocycles. The quantitative estimate of drug-likeness (QED) is 0.728. The van der Waals surface area contributed by atoms with Crippen LogP contribution in [0.2, 0.25) is 5.02 Å². The molecule has 2 heterocycles. The number of benzene rings is 1. The summed E-state index contributed by atoms with van der Waals surface area (Å²) in [4.78, 5) is 13.9. The zero-order valence-electron chi connectivity index (χ0n) is 14.3. The average Bonchev–Trinajstić information content (AvgIpc) is 3.10. The van der Waals surface area contributed by atoms with E-state index in [9.17, 15) is 13.2 Å². The van der Waals surface area contributed by atoms with Crippen molar-refractivity contribution in [1.82, 2.24) is 14.7 Å². The lowest BCUT2D eigenvalue weighted by Crippen LogP contribution is -2.35. The summed E-state index contributed by atoms with van der Waals surface area (Å²) in [6.45, 7) is 0.444. The van der Waals surface area contributed by atoms with Crippen molar-refractivity contribution in [1.29, 1.82) is 0 Å². The summed E-state index contributed by atoms with van der Waals surface area (Å²) >= 11 is 6.13. The first-order valence-corrected chi connectivity index (χ1v) is 10.2. The number of halogens is 1. The number of hydrogen-bond donors (Lipinski definition) is 0. The van der Waals surface area contributed by atoms with Gasteiger partial charge in [0.1, 0.15) is 11.4 Å².